The molecule has 2 amide bonds. The number of nitrogens with one attached hydrogen (secondary N) is 1. The van der Waals surface area contributed by atoms with Gasteiger partial charge in [-0.1, -0.05) is 74.0 Å². The van der Waals surface area contributed by atoms with Gasteiger partial charge in [0.15, 0.2) is 0 Å². The molecule has 3 rings (SSSR count). The van der Waals surface area contributed by atoms with Crippen LogP contribution in [0.25, 0.3) is 0 Å². The lowest BCUT2D eigenvalue weighted by Gasteiger charge is -2.32. The third-order valence-corrected chi connectivity index (χ3v) is 8.47. The second kappa shape index (κ2) is 15.2. The Kier molecular flexibility index (Phi) is 11.9. The zero-order valence-corrected chi connectivity index (χ0v) is 26.1. The molecule has 0 fully saturated rings. The number of hydrogen-bond acceptors (Lipinski definition) is 4. The Labute approximate surface area is 253 Å². The molecular weight excluding hydrogens is 577 g/mol. The van der Waals surface area contributed by atoms with E-state index in [1.807, 2.05) is 44.2 Å². The fourth-order valence-electron chi connectivity index (χ4n) is 4.61. The molecule has 0 saturated heterocycles. The minimum atomic E-state index is -3.66. The van der Waals surface area contributed by atoms with Crippen molar-refractivity contribution >= 4 is 39.1 Å². The Balaban J connectivity index is 1.89. The van der Waals surface area contributed by atoms with Gasteiger partial charge in [-0.3, -0.25) is 13.9 Å². The first kappa shape index (κ1) is 33.1. The van der Waals surface area contributed by atoms with Gasteiger partial charge in [0, 0.05) is 37.5 Å². The lowest BCUT2D eigenvalue weighted by atomic mass is 10.0. The third-order valence-electron chi connectivity index (χ3n) is 6.88. The summed E-state index contributed by atoms with van der Waals surface area (Å²) >= 11 is 6.25. The Morgan fingerprint density at radius 1 is 0.952 bits per heavy atom. The number of halogens is 2. The molecule has 10 heteroatoms. The molecule has 0 aliphatic carbocycles. The zero-order valence-electron chi connectivity index (χ0n) is 24.5. The molecule has 0 radical (unpaired) electrons. The van der Waals surface area contributed by atoms with Crippen molar-refractivity contribution in [2.75, 3.05) is 23.7 Å². The Hall–Kier alpha value is -3.43. The number of carbonyl (C=O) groups is 2. The molecule has 0 saturated carbocycles. The van der Waals surface area contributed by atoms with E-state index >= 15 is 0 Å². The zero-order chi connectivity index (χ0) is 30.9. The highest BCUT2D eigenvalue weighted by Gasteiger charge is 2.30. The van der Waals surface area contributed by atoms with E-state index in [0.29, 0.717) is 28.4 Å². The molecule has 0 aromatic heterocycles. The van der Waals surface area contributed by atoms with Crippen LogP contribution in [0.15, 0.2) is 72.8 Å². The second-order valence-electron chi connectivity index (χ2n) is 10.8. The van der Waals surface area contributed by atoms with Crippen LogP contribution in [0.2, 0.25) is 5.02 Å². The SMILES string of the molecule is Cc1c(Cl)cccc1N(CCCC(=O)N(Cc1ccc(F)cc1)[C@@H](Cc1ccccc1)C(=O)NCC(C)C)S(C)(=O)=O. The molecule has 7 nitrogen and oxygen atoms in total. The first-order valence-electron chi connectivity index (χ1n) is 13.9. The highest BCUT2D eigenvalue weighted by molar-refractivity contribution is 7.92. The molecule has 1 atom stereocenters. The number of hydrogen-bond donors (Lipinski definition) is 1. The maximum Gasteiger partial charge on any atom is 0.243 e. The Bertz CT molecular complexity index is 1450. The topological polar surface area (TPSA) is 86.8 Å². The minimum absolute atomic E-state index is 0.00439. The highest BCUT2D eigenvalue weighted by Crippen LogP contribution is 2.28. The summed E-state index contributed by atoms with van der Waals surface area (Å²) in [6.45, 7) is 6.32. The van der Waals surface area contributed by atoms with Crippen molar-refractivity contribution in [3.63, 3.8) is 0 Å². The summed E-state index contributed by atoms with van der Waals surface area (Å²) < 4.78 is 40.3. The lowest BCUT2D eigenvalue weighted by Crippen LogP contribution is -2.51. The van der Waals surface area contributed by atoms with Gasteiger partial charge in [-0.05, 0) is 60.2 Å². The Morgan fingerprint density at radius 2 is 1.62 bits per heavy atom. The van der Waals surface area contributed by atoms with Gasteiger partial charge < -0.3 is 10.2 Å². The summed E-state index contributed by atoms with van der Waals surface area (Å²) in [5, 5.41) is 3.41. The standard InChI is InChI=1S/C32H39ClFN3O4S/c1-23(2)21-35-32(39)30(20-25-10-6-5-7-11-25)36(22-26-15-17-27(34)18-16-26)31(38)14-9-19-37(42(4,40)41)29-13-8-12-28(33)24(29)3/h5-8,10-13,15-18,23,30H,9,14,19-22H2,1-4H3,(H,35,39)/t30-/m0/s1. The summed E-state index contributed by atoms with van der Waals surface area (Å²) in [5.74, 6) is -0.777. The van der Waals surface area contributed by atoms with Crippen LogP contribution >= 0.6 is 11.6 Å². The van der Waals surface area contributed by atoms with Crippen LogP contribution < -0.4 is 9.62 Å². The summed E-state index contributed by atoms with van der Waals surface area (Å²) in [5.41, 5.74) is 2.64. The fourth-order valence-corrected chi connectivity index (χ4v) is 5.80. The molecule has 226 valence electrons. The second-order valence-corrected chi connectivity index (χ2v) is 13.1. The normalized spacial score (nSPS) is 12.2. The lowest BCUT2D eigenvalue weighted by molar-refractivity contribution is -0.141. The van der Waals surface area contributed by atoms with Crippen LogP contribution in [0, 0.1) is 18.7 Å². The molecule has 3 aromatic carbocycles. The van der Waals surface area contributed by atoms with E-state index in [0.717, 1.165) is 11.8 Å². The molecule has 0 heterocycles. The van der Waals surface area contributed by atoms with Gasteiger partial charge in [0.1, 0.15) is 11.9 Å². The van der Waals surface area contributed by atoms with E-state index < -0.39 is 21.9 Å². The van der Waals surface area contributed by atoms with E-state index in [2.05, 4.69) is 5.32 Å². The van der Waals surface area contributed by atoms with E-state index in [4.69, 9.17) is 11.6 Å². The largest absolute Gasteiger partial charge is 0.354 e. The fraction of sp³-hybridized carbons (Fsp3) is 0.375. The molecule has 0 unspecified atom stereocenters. The molecule has 1 N–H and O–H groups in total. The molecule has 3 aromatic rings. The van der Waals surface area contributed by atoms with Crippen molar-refractivity contribution in [3.8, 4) is 0 Å². The van der Waals surface area contributed by atoms with E-state index in [9.17, 15) is 22.4 Å². The maximum atomic E-state index is 13.9. The van der Waals surface area contributed by atoms with Gasteiger partial charge in [-0.25, -0.2) is 12.8 Å². The average molecular weight is 616 g/mol. The summed E-state index contributed by atoms with van der Waals surface area (Å²) in [4.78, 5) is 28.9. The quantitative estimate of drug-likeness (QED) is 0.250. The molecular formula is C32H39ClFN3O4S. The Morgan fingerprint density at radius 3 is 2.24 bits per heavy atom. The van der Waals surface area contributed by atoms with E-state index in [1.54, 1.807) is 37.3 Å². The van der Waals surface area contributed by atoms with Crippen molar-refractivity contribution < 1.29 is 22.4 Å². The van der Waals surface area contributed by atoms with Crippen LogP contribution in [-0.4, -0.2) is 50.5 Å². The predicted octanol–water partition coefficient (Wildman–Crippen LogP) is 5.75. The number of amides is 2. The number of rotatable bonds is 14. The van der Waals surface area contributed by atoms with Gasteiger partial charge in [0.05, 0.1) is 11.9 Å². The van der Waals surface area contributed by atoms with Crippen molar-refractivity contribution in [1.29, 1.82) is 0 Å². The van der Waals surface area contributed by atoms with Gasteiger partial charge >= 0.3 is 0 Å². The number of sulfonamides is 1. The van der Waals surface area contributed by atoms with Crippen molar-refractivity contribution in [1.82, 2.24) is 10.2 Å². The van der Waals surface area contributed by atoms with E-state index in [1.165, 1.54) is 21.3 Å². The summed E-state index contributed by atoms with van der Waals surface area (Å²) in [6, 6.07) is 19.5. The highest BCUT2D eigenvalue weighted by atomic mass is 35.5. The molecule has 42 heavy (non-hydrogen) atoms. The molecule has 0 aliphatic heterocycles. The van der Waals surface area contributed by atoms with Gasteiger partial charge in [0.25, 0.3) is 0 Å². The van der Waals surface area contributed by atoms with Gasteiger partial charge in [-0.2, -0.15) is 0 Å². The summed E-state index contributed by atoms with van der Waals surface area (Å²) in [6.07, 6.45) is 1.61. The van der Waals surface area contributed by atoms with E-state index in [-0.39, 0.29) is 50.1 Å². The van der Waals surface area contributed by atoms with Crippen LogP contribution in [-0.2, 0) is 32.6 Å². The smallest absolute Gasteiger partial charge is 0.243 e. The molecule has 0 bridgehead atoms. The average Bonchev–Trinajstić information content (AvgIpc) is 2.94. The monoisotopic (exact) mass is 615 g/mol. The van der Waals surface area contributed by atoms with Crippen molar-refractivity contribution in [2.24, 2.45) is 5.92 Å². The first-order chi connectivity index (χ1) is 19.9. The van der Waals surface area contributed by atoms with Crippen molar-refractivity contribution in [2.45, 2.75) is 52.6 Å². The number of anilines is 1. The van der Waals surface area contributed by atoms with Gasteiger partial charge in [-0.15, -0.1) is 0 Å². The predicted molar refractivity (Wildman–Crippen MR) is 166 cm³/mol. The maximum absolute atomic E-state index is 13.9. The first-order valence-corrected chi connectivity index (χ1v) is 16.2. The van der Waals surface area contributed by atoms with Crippen LogP contribution in [0.1, 0.15) is 43.4 Å². The van der Waals surface area contributed by atoms with Gasteiger partial charge in [0.2, 0.25) is 21.8 Å². The minimum Gasteiger partial charge on any atom is -0.354 e. The third kappa shape index (κ3) is 9.56. The number of carbonyl (C=O) groups excluding carboxylic acids is 2. The summed E-state index contributed by atoms with van der Waals surface area (Å²) in [7, 11) is -3.66. The van der Waals surface area contributed by atoms with Crippen LogP contribution in [0.3, 0.4) is 0 Å². The van der Waals surface area contributed by atoms with Crippen LogP contribution in [0.4, 0.5) is 10.1 Å². The number of benzene rings is 3. The molecule has 0 aliphatic rings. The number of nitrogens with zero attached hydrogens (tertiary/aromatic N) is 2. The van der Waals surface area contributed by atoms with Crippen molar-refractivity contribution in [3.05, 3.63) is 100 Å². The molecule has 0 spiro atoms. The van der Waals surface area contributed by atoms with Crippen LogP contribution in [0.5, 0.6) is 0 Å².